The number of nitrogens with two attached hydrogens (primary N) is 1. The van der Waals surface area contributed by atoms with Crippen LogP contribution >= 0.6 is 11.3 Å². The highest BCUT2D eigenvalue weighted by molar-refractivity contribution is 7.12. The molecule has 2 aromatic rings. The SMILES string of the molecule is CCc1ccc(COC(=O)c2sccc2N)cc1. The van der Waals surface area contributed by atoms with E-state index in [0.717, 1.165) is 12.0 Å². The molecule has 1 heterocycles. The average Bonchev–Trinajstić information content (AvgIpc) is 2.83. The molecule has 0 aliphatic heterocycles. The quantitative estimate of drug-likeness (QED) is 0.859. The van der Waals surface area contributed by atoms with Gasteiger partial charge in [0.25, 0.3) is 0 Å². The number of esters is 1. The summed E-state index contributed by atoms with van der Waals surface area (Å²) in [5.41, 5.74) is 8.39. The molecule has 0 saturated carbocycles. The number of aryl methyl sites for hydroxylation is 1. The number of rotatable bonds is 4. The maximum Gasteiger partial charge on any atom is 0.350 e. The Labute approximate surface area is 110 Å². The van der Waals surface area contributed by atoms with Crippen LogP contribution in [0.4, 0.5) is 5.69 Å². The lowest BCUT2D eigenvalue weighted by atomic mass is 10.1. The number of benzene rings is 1. The molecule has 0 fully saturated rings. The van der Waals surface area contributed by atoms with E-state index in [1.165, 1.54) is 16.9 Å². The molecule has 0 atom stereocenters. The first kappa shape index (κ1) is 12.6. The lowest BCUT2D eigenvalue weighted by molar-refractivity contribution is 0.0479. The van der Waals surface area contributed by atoms with E-state index in [1.807, 2.05) is 24.3 Å². The number of carbonyl (C=O) groups is 1. The summed E-state index contributed by atoms with van der Waals surface area (Å²) >= 11 is 1.30. The van der Waals surface area contributed by atoms with Crippen molar-refractivity contribution in [2.45, 2.75) is 20.0 Å². The molecule has 1 aromatic heterocycles. The van der Waals surface area contributed by atoms with Crippen LogP contribution in [-0.4, -0.2) is 5.97 Å². The molecule has 18 heavy (non-hydrogen) atoms. The molecular weight excluding hydrogens is 246 g/mol. The molecule has 0 aliphatic rings. The normalized spacial score (nSPS) is 10.3. The van der Waals surface area contributed by atoms with E-state index in [2.05, 4.69) is 6.92 Å². The highest BCUT2D eigenvalue weighted by Crippen LogP contribution is 2.20. The Balaban J connectivity index is 1.95. The Morgan fingerprint density at radius 2 is 1.89 bits per heavy atom. The van der Waals surface area contributed by atoms with E-state index in [0.29, 0.717) is 10.6 Å². The van der Waals surface area contributed by atoms with Gasteiger partial charge >= 0.3 is 5.97 Å². The van der Waals surface area contributed by atoms with Gasteiger partial charge in [0.1, 0.15) is 11.5 Å². The zero-order chi connectivity index (χ0) is 13.0. The number of anilines is 1. The molecule has 4 heteroatoms. The maximum atomic E-state index is 11.7. The minimum Gasteiger partial charge on any atom is -0.457 e. The van der Waals surface area contributed by atoms with Gasteiger partial charge in [-0.05, 0) is 29.0 Å². The van der Waals surface area contributed by atoms with E-state index in [1.54, 1.807) is 11.4 Å². The fourth-order valence-corrected chi connectivity index (χ4v) is 2.28. The molecule has 2 N–H and O–H groups in total. The fourth-order valence-electron chi connectivity index (χ4n) is 1.57. The molecule has 1 aromatic carbocycles. The molecule has 0 amide bonds. The zero-order valence-electron chi connectivity index (χ0n) is 10.2. The highest BCUT2D eigenvalue weighted by Gasteiger charge is 2.12. The van der Waals surface area contributed by atoms with Crippen molar-refractivity contribution in [3.05, 3.63) is 51.7 Å². The summed E-state index contributed by atoms with van der Waals surface area (Å²) in [6, 6.07) is 9.75. The van der Waals surface area contributed by atoms with E-state index in [4.69, 9.17) is 10.5 Å². The van der Waals surface area contributed by atoms with Crippen LogP contribution in [0.1, 0.15) is 27.7 Å². The molecule has 0 spiro atoms. The molecule has 0 unspecified atom stereocenters. The largest absolute Gasteiger partial charge is 0.457 e. The van der Waals surface area contributed by atoms with Crippen LogP contribution in [0.15, 0.2) is 35.7 Å². The van der Waals surface area contributed by atoms with Gasteiger partial charge in [-0.25, -0.2) is 4.79 Å². The van der Waals surface area contributed by atoms with Crippen molar-refractivity contribution in [3.8, 4) is 0 Å². The monoisotopic (exact) mass is 261 g/mol. The first-order chi connectivity index (χ1) is 8.70. The minimum atomic E-state index is -0.359. The van der Waals surface area contributed by atoms with Gasteiger partial charge in [0, 0.05) is 0 Å². The smallest absolute Gasteiger partial charge is 0.350 e. The third-order valence-corrected chi connectivity index (χ3v) is 3.59. The second-order valence-electron chi connectivity index (χ2n) is 3.95. The van der Waals surface area contributed by atoms with Gasteiger partial charge in [0.05, 0.1) is 5.69 Å². The van der Waals surface area contributed by atoms with E-state index in [9.17, 15) is 4.79 Å². The third kappa shape index (κ3) is 2.90. The van der Waals surface area contributed by atoms with Crippen LogP contribution in [0.2, 0.25) is 0 Å². The number of hydrogen-bond acceptors (Lipinski definition) is 4. The molecule has 0 aliphatic carbocycles. The zero-order valence-corrected chi connectivity index (χ0v) is 11.0. The van der Waals surface area contributed by atoms with Gasteiger partial charge in [-0.1, -0.05) is 31.2 Å². The topological polar surface area (TPSA) is 52.3 Å². The summed E-state index contributed by atoms with van der Waals surface area (Å²) in [5, 5.41) is 1.78. The number of ether oxygens (including phenoxy) is 1. The van der Waals surface area contributed by atoms with Crippen molar-refractivity contribution >= 4 is 23.0 Å². The first-order valence-corrected chi connectivity index (χ1v) is 6.66. The van der Waals surface area contributed by atoms with Gasteiger partial charge in [-0.15, -0.1) is 11.3 Å². The summed E-state index contributed by atoms with van der Waals surface area (Å²) in [6.45, 7) is 2.38. The predicted molar refractivity (Wildman–Crippen MR) is 73.7 cm³/mol. The highest BCUT2D eigenvalue weighted by atomic mass is 32.1. The van der Waals surface area contributed by atoms with E-state index >= 15 is 0 Å². The maximum absolute atomic E-state index is 11.7. The van der Waals surface area contributed by atoms with Crippen LogP contribution in [0.3, 0.4) is 0 Å². The van der Waals surface area contributed by atoms with Crippen molar-refractivity contribution in [1.82, 2.24) is 0 Å². The lowest BCUT2D eigenvalue weighted by Gasteiger charge is -2.05. The molecule has 0 saturated heterocycles. The average molecular weight is 261 g/mol. The molecule has 94 valence electrons. The Hall–Kier alpha value is -1.81. The van der Waals surface area contributed by atoms with Crippen LogP contribution in [0.25, 0.3) is 0 Å². The summed E-state index contributed by atoms with van der Waals surface area (Å²) in [4.78, 5) is 12.2. The molecule has 0 bridgehead atoms. The number of nitrogen functional groups attached to an aromatic ring is 1. The van der Waals surface area contributed by atoms with Crippen molar-refractivity contribution in [1.29, 1.82) is 0 Å². The van der Waals surface area contributed by atoms with Gasteiger partial charge in [-0.3, -0.25) is 0 Å². The molecule has 2 rings (SSSR count). The molecule has 0 radical (unpaired) electrons. The van der Waals surface area contributed by atoms with Crippen LogP contribution in [0.5, 0.6) is 0 Å². The first-order valence-electron chi connectivity index (χ1n) is 5.78. The second-order valence-corrected chi connectivity index (χ2v) is 4.87. The molecule has 3 nitrogen and oxygen atoms in total. The Bertz CT molecular complexity index is 531. The second kappa shape index (κ2) is 5.69. The van der Waals surface area contributed by atoms with Crippen molar-refractivity contribution < 1.29 is 9.53 Å². The number of hydrogen-bond donors (Lipinski definition) is 1. The standard InChI is InChI=1S/C14H15NO2S/c1-2-10-3-5-11(6-4-10)9-17-14(16)13-12(15)7-8-18-13/h3-8H,2,9,15H2,1H3. The summed E-state index contributed by atoms with van der Waals surface area (Å²) < 4.78 is 5.22. The van der Waals surface area contributed by atoms with Gasteiger partial charge in [-0.2, -0.15) is 0 Å². The summed E-state index contributed by atoms with van der Waals surface area (Å²) in [6.07, 6.45) is 1.01. The van der Waals surface area contributed by atoms with Crippen LogP contribution < -0.4 is 5.73 Å². The van der Waals surface area contributed by atoms with E-state index in [-0.39, 0.29) is 12.6 Å². The van der Waals surface area contributed by atoms with Gasteiger partial charge < -0.3 is 10.5 Å². The molecular formula is C14H15NO2S. The number of carbonyl (C=O) groups excluding carboxylic acids is 1. The third-order valence-electron chi connectivity index (χ3n) is 2.68. The summed E-state index contributed by atoms with van der Waals surface area (Å²) in [7, 11) is 0. The Kier molecular flexibility index (Phi) is 3.99. The van der Waals surface area contributed by atoms with Gasteiger partial charge in [0.15, 0.2) is 0 Å². The van der Waals surface area contributed by atoms with Crippen molar-refractivity contribution in [2.24, 2.45) is 0 Å². The van der Waals surface area contributed by atoms with Crippen molar-refractivity contribution in [2.75, 3.05) is 5.73 Å². The predicted octanol–water partition coefficient (Wildman–Crippen LogP) is 3.25. The van der Waals surface area contributed by atoms with Crippen LogP contribution in [-0.2, 0) is 17.8 Å². The van der Waals surface area contributed by atoms with E-state index < -0.39 is 0 Å². The number of thiophene rings is 1. The Morgan fingerprint density at radius 3 is 2.44 bits per heavy atom. The lowest BCUT2D eigenvalue weighted by Crippen LogP contribution is -2.05. The summed E-state index contributed by atoms with van der Waals surface area (Å²) in [5.74, 6) is -0.359. The van der Waals surface area contributed by atoms with Gasteiger partial charge in [0.2, 0.25) is 0 Å². The van der Waals surface area contributed by atoms with Crippen molar-refractivity contribution in [3.63, 3.8) is 0 Å². The minimum absolute atomic E-state index is 0.278. The Morgan fingerprint density at radius 1 is 1.22 bits per heavy atom. The fraction of sp³-hybridized carbons (Fsp3) is 0.214. The van der Waals surface area contributed by atoms with Crippen LogP contribution in [0, 0.1) is 0 Å².